The normalized spacial score (nSPS) is 20.4. The van der Waals surface area contributed by atoms with Gasteiger partial charge in [-0.2, -0.15) is 0 Å². The highest BCUT2D eigenvalue weighted by Crippen LogP contribution is 2.01. The molecule has 1 aliphatic heterocycles. The minimum absolute atomic E-state index is 0.0810. The van der Waals surface area contributed by atoms with E-state index in [0.717, 1.165) is 6.54 Å². The van der Waals surface area contributed by atoms with Gasteiger partial charge in [0, 0.05) is 31.4 Å². The lowest BCUT2D eigenvalue weighted by molar-refractivity contribution is -0.117. The Labute approximate surface area is 93.4 Å². The molecule has 0 radical (unpaired) electrons. The average Bonchev–Trinajstić information content (AvgIpc) is 2.31. The summed E-state index contributed by atoms with van der Waals surface area (Å²) in [5.41, 5.74) is 0. The second kappa shape index (κ2) is 5.53. The molecule has 0 aromatic carbocycles. The van der Waals surface area contributed by atoms with Gasteiger partial charge in [0.2, 0.25) is 11.9 Å². The van der Waals surface area contributed by atoms with E-state index >= 15 is 0 Å². The van der Waals surface area contributed by atoms with E-state index in [4.69, 9.17) is 4.74 Å². The lowest BCUT2D eigenvalue weighted by Gasteiger charge is -2.22. The highest BCUT2D eigenvalue weighted by Gasteiger charge is 2.17. The quantitative estimate of drug-likeness (QED) is 0.740. The Kier molecular flexibility index (Phi) is 3.79. The zero-order valence-electron chi connectivity index (χ0n) is 8.85. The van der Waals surface area contributed by atoms with Crippen molar-refractivity contribution in [3.05, 3.63) is 18.5 Å². The molecule has 6 heteroatoms. The fraction of sp³-hybridized carbons (Fsp3) is 0.500. The van der Waals surface area contributed by atoms with Gasteiger partial charge < -0.3 is 10.1 Å². The lowest BCUT2D eigenvalue weighted by atomic mass is 10.2. The van der Waals surface area contributed by atoms with Crippen LogP contribution in [0.25, 0.3) is 0 Å². The Morgan fingerprint density at radius 3 is 3.06 bits per heavy atom. The van der Waals surface area contributed by atoms with Crippen LogP contribution in [0, 0.1) is 0 Å². The highest BCUT2D eigenvalue weighted by atomic mass is 16.5. The maximum absolute atomic E-state index is 11.6. The number of anilines is 1. The molecule has 1 aromatic rings. The van der Waals surface area contributed by atoms with Crippen molar-refractivity contribution >= 4 is 11.9 Å². The molecule has 1 aliphatic rings. The van der Waals surface area contributed by atoms with E-state index in [0.29, 0.717) is 25.6 Å². The molecule has 0 aliphatic carbocycles. The third-order valence-corrected chi connectivity index (χ3v) is 2.25. The first-order valence-electron chi connectivity index (χ1n) is 5.22. The fourth-order valence-electron chi connectivity index (χ4n) is 1.51. The molecule has 1 fully saturated rings. The van der Waals surface area contributed by atoms with Gasteiger partial charge in [-0.25, -0.2) is 9.97 Å². The fourth-order valence-corrected chi connectivity index (χ4v) is 1.51. The number of ether oxygens (including phenoxy) is 1. The van der Waals surface area contributed by atoms with Gasteiger partial charge in [-0.05, 0) is 6.07 Å². The number of rotatable bonds is 3. The first kappa shape index (κ1) is 11.0. The van der Waals surface area contributed by atoms with E-state index < -0.39 is 0 Å². The van der Waals surface area contributed by atoms with Gasteiger partial charge in [-0.3, -0.25) is 10.1 Å². The molecule has 16 heavy (non-hydrogen) atoms. The lowest BCUT2D eigenvalue weighted by Crippen LogP contribution is -2.43. The number of hydrogen-bond acceptors (Lipinski definition) is 5. The second-order valence-electron chi connectivity index (χ2n) is 3.55. The molecule has 0 bridgehead atoms. The van der Waals surface area contributed by atoms with E-state index in [-0.39, 0.29) is 11.9 Å². The summed E-state index contributed by atoms with van der Waals surface area (Å²) in [4.78, 5) is 19.4. The molecule has 86 valence electrons. The molecule has 0 spiro atoms. The number of hydrogen-bond donors (Lipinski definition) is 2. The van der Waals surface area contributed by atoms with Crippen LogP contribution in [0.2, 0.25) is 0 Å². The summed E-state index contributed by atoms with van der Waals surface area (Å²) in [6, 6.07) is 1.78. The van der Waals surface area contributed by atoms with Gasteiger partial charge in [-0.15, -0.1) is 0 Å². The molecule has 1 amide bonds. The molecule has 1 atom stereocenters. The van der Waals surface area contributed by atoms with Crippen molar-refractivity contribution in [2.45, 2.75) is 12.5 Å². The smallest absolute Gasteiger partial charge is 0.229 e. The van der Waals surface area contributed by atoms with Crippen LogP contribution >= 0.6 is 0 Å². The number of nitrogens with zero attached hydrogens (tertiary/aromatic N) is 2. The summed E-state index contributed by atoms with van der Waals surface area (Å²) in [7, 11) is 0. The molecule has 1 saturated heterocycles. The zero-order valence-corrected chi connectivity index (χ0v) is 8.85. The SMILES string of the molecule is O=C(CC1COCCN1)Nc1ncccn1. The third-order valence-electron chi connectivity index (χ3n) is 2.25. The van der Waals surface area contributed by atoms with Crippen molar-refractivity contribution in [3.8, 4) is 0 Å². The van der Waals surface area contributed by atoms with Crippen LogP contribution in [0.1, 0.15) is 6.42 Å². The topological polar surface area (TPSA) is 76.1 Å². The van der Waals surface area contributed by atoms with E-state index in [9.17, 15) is 4.79 Å². The maximum atomic E-state index is 11.6. The number of carbonyl (C=O) groups excluding carboxylic acids is 1. The largest absolute Gasteiger partial charge is 0.378 e. The van der Waals surface area contributed by atoms with Crippen molar-refractivity contribution < 1.29 is 9.53 Å². The molecular weight excluding hydrogens is 208 g/mol. The van der Waals surface area contributed by atoms with Gasteiger partial charge in [-0.1, -0.05) is 0 Å². The van der Waals surface area contributed by atoms with Gasteiger partial charge in [0.25, 0.3) is 0 Å². The highest BCUT2D eigenvalue weighted by molar-refractivity contribution is 5.89. The first-order chi connectivity index (χ1) is 7.84. The van der Waals surface area contributed by atoms with Gasteiger partial charge in [0.1, 0.15) is 0 Å². The van der Waals surface area contributed by atoms with Crippen molar-refractivity contribution in [1.29, 1.82) is 0 Å². The van der Waals surface area contributed by atoms with Gasteiger partial charge >= 0.3 is 0 Å². The Morgan fingerprint density at radius 2 is 2.38 bits per heavy atom. The predicted molar refractivity (Wildman–Crippen MR) is 57.9 cm³/mol. The summed E-state index contributed by atoms with van der Waals surface area (Å²) >= 11 is 0. The second-order valence-corrected chi connectivity index (χ2v) is 3.55. The van der Waals surface area contributed by atoms with Crippen LogP contribution in [-0.2, 0) is 9.53 Å². The number of carbonyl (C=O) groups is 1. The van der Waals surface area contributed by atoms with E-state index in [1.807, 2.05) is 0 Å². The van der Waals surface area contributed by atoms with Crippen LogP contribution < -0.4 is 10.6 Å². The third kappa shape index (κ3) is 3.25. The predicted octanol–water partition coefficient (Wildman–Crippen LogP) is -0.206. The molecular formula is C10H14N4O2. The molecule has 6 nitrogen and oxygen atoms in total. The Hall–Kier alpha value is -1.53. The molecule has 1 unspecified atom stereocenters. The monoisotopic (exact) mass is 222 g/mol. The average molecular weight is 222 g/mol. The van der Waals surface area contributed by atoms with E-state index in [2.05, 4.69) is 20.6 Å². The summed E-state index contributed by atoms with van der Waals surface area (Å²) in [5.74, 6) is 0.235. The van der Waals surface area contributed by atoms with E-state index in [1.165, 1.54) is 0 Å². The molecule has 0 saturated carbocycles. The number of nitrogens with one attached hydrogen (secondary N) is 2. The zero-order chi connectivity index (χ0) is 11.2. The van der Waals surface area contributed by atoms with Crippen molar-refractivity contribution in [1.82, 2.24) is 15.3 Å². The first-order valence-corrected chi connectivity index (χ1v) is 5.22. The minimum Gasteiger partial charge on any atom is -0.378 e. The molecule has 2 N–H and O–H groups in total. The minimum atomic E-state index is -0.103. The Bertz CT molecular complexity index is 338. The molecule has 2 heterocycles. The summed E-state index contributed by atoms with van der Waals surface area (Å²) < 4.78 is 5.26. The van der Waals surface area contributed by atoms with Crippen molar-refractivity contribution in [3.63, 3.8) is 0 Å². The number of aromatic nitrogens is 2. The summed E-state index contributed by atoms with van der Waals surface area (Å²) in [5, 5.41) is 5.84. The maximum Gasteiger partial charge on any atom is 0.229 e. The van der Waals surface area contributed by atoms with Crippen molar-refractivity contribution in [2.75, 3.05) is 25.1 Å². The summed E-state index contributed by atoms with van der Waals surface area (Å²) in [6.45, 7) is 2.07. The Morgan fingerprint density at radius 1 is 1.56 bits per heavy atom. The standard InChI is InChI=1S/C10H14N4O2/c15-9(6-8-7-16-5-4-11-8)14-10-12-2-1-3-13-10/h1-3,8,11H,4-7H2,(H,12,13,14,15). The Balaban J connectivity index is 1.80. The number of morpholine rings is 1. The van der Waals surface area contributed by atoms with Gasteiger partial charge in [0.05, 0.1) is 13.2 Å². The van der Waals surface area contributed by atoms with E-state index in [1.54, 1.807) is 18.5 Å². The number of amides is 1. The van der Waals surface area contributed by atoms with Crippen LogP contribution in [0.15, 0.2) is 18.5 Å². The molecule has 1 aromatic heterocycles. The summed E-state index contributed by atoms with van der Waals surface area (Å²) in [6.07, 6.45) is 3.55. The van der Waals surface area contributed by atoms with Crippen LogP contribution in [0.5, 0.6) is 0 Å². The molecule has 2 rings (SSSR count). The van der Waals surface area contributed by atoms with Crippen LogP contribution in [0.3, 0.4) is 0 Å². The van der Waals surface area contributed by atoms with Crippen LogP contribution in [-0.4, -0.2) is 41.7 Å². The van der Waals surface area contributed by atoms with Crippen LogP contribution in [0.4, 0.5) is 5.95 Å². The van der Waals surface area contributed by atoms with Crippen molar-refractivity contribution in [2.24, 2.45) is 0 Å². The van der Waals surface area contributed by atoms with Gasteiger partial charge in [0.15, 0.2) is 0 Å².